The van der Waals surface area contributed by atoms with E-state index in [0.717, 1.165) is 0 Å². The average molecular weight is 223 g/mol. The van der Waals surface area contributed by atoms with Gasteiger partial charge in [-0.2, -0.15) is 0 Å². The average Bonchev–Trinajstić information content (AvgIpc) is 2.38. The van der Waals surface area contributed by atoms with Gasteiger partial charge >= 0.3 is 5.97 Å². The highest BCUT2D eigenvalue weighted by molar-refractivity contribution is 5.66. The lowest BCUT2D eigenvalue weighted by molar-refractivity contribution is -0.137. The summed E-state index contributed by atoms with van der Waals surface area (Å²) in [5.74, 6) is -3.69. The topological polar surface area (TPSA) is 49.8 Å². The van der Waals surface area contributed by atoms with Crippen LogP contribution in [0.1, 0.15) is 12.8 Å². The summed E-state index contributed by atoms with van der Waals surface area (Å²) < 4.78 is 30.9. The third-order valence-corrected chi connectivity index (χ3v) is 2.46. The van der Waals surface area contributed by atoms with Gasteiger partial charge in [0, 0.05) is 26.1 Å². The molecular formula is C9H15F2NO3. The van der Waals surface area contributed by atoms with E-state index >= 15 is 0 Å². The number of hydrogen-bond acceptors (Lipinski definition) is 3. The number of carboxylic acids is 1. The van der Waals surface area contributed by atoms with Crippen LogP contribution in [0.4, 0.5) is 8.78 Å². The molecule has 1 atom stereocenters. The van der Waals surface area contributed by atoms with Crippen molar-refractivity contribution in [2.75, 3.05) is 26.8 Å². The Morgan fingerprint density at radius 1 is 1.67 bits per heavy atom. The number of carboxylic acid groups (broad SMARTS) is 1. The van der Waals surface area contributed by atoms with E-state index in [0.29, 0.717) is 0 Å². The van der Waals surface area contributed by atoms with Crippen molar-refractivity contribution in [3.8, 4) is 0 Å². The number of ether oxygens (including phenoxy) is 1. The maximum Gasteiger partial charge on any atom is 0.304 e. The first-order valence-corrected chi connectivity index (χ1v) is 4.77. The predicted molar refractivity (Wildman–Crippen MR) is 49.1 cm³/mol. The molecule has 0 aliphatic carbocycles. The minimum Gasteiger partial charge on any atom is -0.481 e. The van der Waals surface area contributed by atoms with Gasteiger partial charge in [-0.15, -0.1) is 0 Å². The van der Waals surface area contributed by atoms with Gasteiger partial charge in [-0.25, -0.2) is 8.78 Å². The SMILES string of the molecule is COCC1CC(F)(F)CN1CCC(=O)O. The van der Waals surface area contributed by atoms with Crippen LogP contribution < -0.4 is 0 Å². The maximum atomic E-state index is 13.0. The highest BCUT2D eigenvalue weighted by Gasteiger charge is 2.44. The van der Waals surface area contributed by atoms with E-state index in [2.05, 4.69) is 0 Å². The van der Waals surface area contributed by atoms with Crippen LogP contribution in [0.15, 0.2) is 0 Å². The summed E-state index contributed by atoms with van der Waals surface area (Å²) in [5, 5.41) is 8.47. The standard InChI is InChI=1S/C9H15F2NO3/c1-15-5-7-4-9(10,11)6-12(7)3-2-8(13)14/h7H,2-6H2,1H3,(H,13,14). The first-order chi connectivity index (χ1) is 6.94. The number of rotatable bonds is 5. The zero-order valence-electron chi connectivity index (χ0n) is 8.58. The molecule has 0 amide bonds. The Labute approximate surface area is 86.8 Å². The van der Waals surface area contributed by atoms with Gasteiger partial charge in [0.25, 0.3) is 5.92 Å². The molecule has 0 radical (unpaired) electrons. The van der Waals surface area contributed by atoms with Gasteiger partial charge in [0.2, 0.25) is 0 Å². The minimum atomic E-state index is -2.72. The van der Waals surface area contributed by atoms with Crippen LogP contribution in [0.3, 0.4) is 0 Å². The third kappa shape index (κ3) is 3.71. The molecule has 1 fully saturated rings. The van der Waals surface area contributed by atoms with Crippen molar-refractivity contribution in [2.45, 2.75) is 24.8 Å². The van der Waals surface area contributed by atoms with Crippen molar-refractivity contribution in [2.24, 2.45) is 0 Å². The number of carbonyl (C=O) groups is 1. The Balaban J connectivity index is 2.49. The number of likely N-dealkylation sites (tertiary alicyclic amines) is 1. The molecule has 1 aliphatic rings. The Morgan fingerprint density at radius 2 is 2.33 bits per heavy atom. The number of halogens is 2. The molecule has 0 aromatic rings. The van der Waals surface area contributed by atoms with Crippen molar-refractivity contribution in [1.82, 2.24) is 4.90 Å². The van der Waals surface area contributed by atoms with Crippen LogP contribution in [-0.2, 0) is 9.53 Å². The summed E-state index contributed by atoms with van der Waals surface area (Å²) in [6.07, 6.45) is -0.364. The monoisotopic (exact) mass is 223 g/mol. The van der Waals surface area contributed by atoms with Crippen LogP contribution in [0, 0.1) is 0 Å². The summed E-state index contributed by atoms with van der Waals surface area (Å²) in [7, 11) is 1.45. The van der Waals surface area contributed by atoms with E-state index in [-0.39, 0.29) is 38.6 Å². The molecule has 1 unspecified atom stereocenters. The van der Waals surface area contributed by atoms with Crippen molar-refractivity contribution >= 4 is 5.97 Å². The maximum absolute atomic E-state index is 13.0. The van der Waals surface area contributed by atoms with E-state index in [9.17, 15) is 13.6 Å². The Hall–Kier alpha value is -0.750. The molecule has 0 bridgehead atoms. The number of alkyl halides is 2. The second-order valence-electron chi connectivity index (χ2n) is 3.78. The van der Waals surface area contributed by atoms with Crippen LogP contribution in [0.5, 0.6) is 0 Å². The normalized spacial score (nSPS) is 25.7. The lowest BCUT2D eigenvalue weighted by atomic mass is 10.2. The molecule has 1 saturated heterocycles. The molecule has 0 saturated carbocycles. The Kier molecular flexibility index (Phi) is 3.98. The molecule has 15 heavy (non-hydrogen) atoms. The van der Waals surface area contributed by atoms with Gasteiger partial charge in [-0.3, -0.25) is 9.69 Å². The van der Waals surface area contributed by atoms with E-state index in [1.54, 1.807) is 0 Å². The lowest BCUT2D eigenvalue weighted by Gasteiger charge is -2.21. The fourth-order valence-electron chi connectivity index (χ4n) is 1.82. The number of nitrogens with zero attached hydrogens (tertiary/aromatic N) is 1. The van der Waals surface area contributed by atoms with Crippen LogP contribution >= 0.6 is 0 Å². The summed E-state index contributed by atoms with van der Waals surface area (Å²) >= 11 is 0. The van der Waals surface area contributed by atoms with Crippen molar-refractivity contribution < 1.29 is 23.4 Å². The summed E-state index contributed by atoms with van der Waals surface area (Å²) in [6.45, 7) is 0.00245. The summed E-state index contributed by atoms with van der Waals surface area (Å²) in [5.41, 5.74) is 0. The van der Waals surface area contributed by atoms with Crippen LogP contribution in [0.25, 0.3) is 0 Å². The Morgan fingerprint density at radius 3 is 2.87 bits per heavy atom. The van der Waals surface area contributed by atoms with E-state index < -0.39 is 11.9 Å². The molecule has 1 aliphatic heterocycles. The zero-order valence-corrected chi connectivity index (χ0v) is 8.58. The molecule has 0 aromatic heterocycles. The second-order valence-corrected chi connectivity index (χ2v) is 3.78. The number of aliphatic carboxylic acids is 1. The molecule has 1 N–H and O–H groups in total. The van der Waals surface area contributed by atoms with Gasteiger partial charge in [0.1, 0.15) is 0 Å². The second kappa shape index (κ2) is 4.85. The molecule has 4 nitrogen and oxygen atoms in total. The number of methoxy groups -OCH3 is 1. The van der Waals surface area contributed by atoms with Crippen molar-refractivity contribution in [1.29, 1.82) is 0 Å². The number of hydrogen-bond donors (Lipinski definition) is 1. The molecule has 1 rings (SSSR count). The first kappa shape index (κ1) is 12.3. The highest BCUT2D eigenvalue weighted by atomic mass is 19.3. The predicted octanol–water partition coefficient (Wildman–Crippen LogP) is 0.817. The quantitative estimate of drug-likeness (QED) is 0.749. The first-order valence-electron chi connectivity index (χ1n) is 4.77. The summed E-state index contributed by atoms with van der Waals surface area (Å²) in [6, 6.07) is -0.371. The fourth-order valence-corrected chi connectivity index (χ4v) is 1.82. The van der Waals surface area contributed by atoms with E-state index in [1.807, 2.05) is 0 Å². The van der Waals surface area contributed by atoms with Crippen LogP contribution in [0.2, 0.25) is 0 Å². The van der Waals surface area contributed by atoms with Gasteiger partial charge in [0.15, 0.2) is 0 Å². The Bertz CT molecular complexity index is 235. The molecule has 0 spiro atoms. The molecule has 0 aromatic carbocycles. The highest BCUT2D eigenvalue weighted by Crippen LogP contribution is 2.31. The molecule has 1 heterocycles. The van der Waals surface area contributed by atoms with Gasteiger partial charge < -0.3 is 9.84 Å². The molecular weight excluding hydrogens is 208 g/mol. The summed E-state index contributed by atoms with van der Waals surface area (Å²) in [4.78, 5) is 11.8. The van der Waals surface area contributed by atoms with Crippen molar-refractivity contribution in [3.05, 3.63) is 0 Å². The van der Waals surface area contributed by atoms with Gasteiger partial charge in [0.05, 0.1) is 19.6 Å². The van der Waals surface area contributed by atoms with Gasteiger partial charge in [-0.05, 0) is 0 Å². The lowest BCUT2D eigenvalue weighted by Crippen LogP contribution is -2.35. The zero-order chi connectivity index (χ0) is 11.5. The largest absolute Gasteiger partial charge is 0.481 e. The van der Waals surface area contributed by atoms with E-state index in [4.69, 9.17) is 9.84 Å². The molecule has 6 heteroatoms. The van der Waals surface area contributed by atoms with Gasteiger partial charge in [-0.1, -0.05) is 0 Å². The van der Waals surface area contributed by atoms with Crippen LogP contribution in [-0.4, -0.2) is 54.7 Å². The van der Waals surface area contributed by atoms with E-state index in [1.165, 1.54) is 12.0 Å². The fraction of sp³-hybridized carbons (Fsp3) is 0.889. The smallest absolute Gasteiger partial charge is 0.304 e. The molecule has 88 valence electrons. The minimum absolute atomic E-state index is 0.115. The third-order valence-electron chi connectivity index (χ3n) is 2.46. The van der Waals surface area contributed by atoms with Crippen molar-refractivity contribution in [3.63, 3.8) is 0 Å².